The largest absolute Gasteiger partial charge is 0.366 e. The molecule has 0 aliphatic heterocycles. The van der Waals surface area contributed by atoms with Crippen molar-refractivity contribution in [2.45, 2.75) is 13.5 Å². The lowest BCUT2D eigenvalue weighted by Gasteiger charge is -2.09. The van der Waals surface area contributed by atoms with Crippen LogP contribution in [0.3, 0.4) is 0 Å². The van der Waals surface area contributed by atoms with Gasteiger partial charge in [-0.05, 0) is 30.7 Å². The van der Waals surface area contributed by atoms with Crippen molar-refractivity contribution < 1.29 is 0 Å². The van der Waals surface area contributed by atoms with E-state index in [1.807, 2.05) is 43.3 Å². The van der Waals surface area contributed by atoms with Gasteiger partial charge in [-0.1, -0.05) is 12.1 Å². The van der Waals surface area contributed by atoms with E-state index in [9.17, 15) is 0 Å². The smallest absolute Gasteiger partial charge is 0.155 e. The second kappa shape index (κ2) is 7.06. The summed E-state index contributed by atoms with van der Waals surface area (Å²) in [5.41, 5.74) is 2.64. The fourth-order valence-electron chi connectivity index (χ4n) is 2.48. The molecule has 0 radical (unpaired) electrons. The lowest BCUT2D eigenvalue weighted by atomic mass is 10.2. The van der Waals surface area contributed by atoms with Crippen LogP contribution in [0.15, 0.2) is 61.4 Å². The molecule has 0 aliphatic rings. The van der Waals surface area contributed by atoms with Gasteiger partial charge in [0.15, 0.2) is 5.82 Å². The number of pyridine rings is 2. The number of rotatable bonds is 5. The summed E-state index contributed by atoms with van der Waals surface area (Å²) in [6.07, 6.45) is 6.65. The van der Waals surface area contributed by atoms with Gasteiger partial charge in [0, 0.05) is 25.0 Å². The summed E-state index contributed by atoms with van der Waals surface area (Å²) in [4.78, 5) is 21.6. The van der Waals surface area contributed by atoms with Gasteiger partial charge in [-0.2, -0.15) is 5.10 Å². The number of hydrogen-bond acceptors (Lipinski definition) is 7. The average Bonchev–Trinajstić information content (AvgIpc) is 3.22. The highest BCUT2D eigenvalue weighted by atomic mass is 15.3. The third-order valence-electron chi connectivity index (χ3n) is 3.70. The predicted octanol–water partition coefficient (Wildman–Crippen LogP) is 2.43. The van der Waals surface area contributed by atoms with Gasteiger partial charge in [-0.25, -0.2) is 24.6 Å². The zero-order chi connectivity index (χ0) is 17.8. The number of nitrogens with one attached hydrogen (secondary N) is 1. The van der Waals surface area contributed by atoms with E-state index >= 15 is 0 Å². The zero-order valence-corrected chi connectivity index (χ0v) is 14.1. The Morgan fingerprint density at radius 3 is 2.73 bits per heavy atom. The number of aryl methyl sites for hydroxylation is 1. The first kappa shape index (κ1) is 15.8. The van der Waals surface area contributed by atoms with Crippen LogP contribution in [-0.2, 0) is 6.54 Å². The van der Waals surface area contributed by atoms with Gasteiger partial charge in [0.05, 0.1) is 11.4 Å². The second-order valence-corrected chi connectivity index (χ2v) is 5.62. The lowest BCUT2D eigenvalue weighted by molar-refractivity contribution is 0.842. The molecule has 0 unspecified atom stereocenters. The molecule has 4 rings (SSSR count). The molecule has 0 aliphatic carbocycles. The summed E-state index contributed by atoms with van der Waals surface area (Å²) in [6, 6.07) is 11.5. The highest BCUT2D eigenvalue weighted by Gasteiger charge is 2.06. The highest BCUT2D eigenvalue weighted by Crippen LogP contribution is 2.18. The van der Waals surface area contributed by atoms with Gasteiger partial charge in [0.2, 0.25) is 0 Å². The normalized spacial score (nSPS) is 10.7. The molecule has 0 spiro atoms. The molecule has 4 aromatic rings. The molecular weight excluding hydrogens is 328 g/mol. The minimum absolute atomic E-state index is 0.600. The van der Waals surface area contributed by atoms with Crippen molar-refractivity contribution in [2.75, 3.05) is 5.32 Å². The van der Waals surface area contributed by atoms with E-state index in [-0.39, 0.29) is 0 Å². The Labute approximate surface area is 150 Å². The van der Waals surface area contributed by atoms with Crippen molar-refractivity contribution in [3.63, 3.8) is 0 Å². The van der Waals surface area contributed by atoms with Gasteiger partial charge >= 0.3 is 0 Å². The summed E-state index contributed by atoms with van der Waals surface area (Å²) in [5, 5.41) is 7.37. The van der Waals surface area contributed by atoms with Crippen molar-refractivity contribution in [2.24, 2.45) is 0 Å². The zero-order valence-electron chi connectivity index (χ0n) is 14.1. The van der Waals surface area contributed by atoms with Crippen LogP contribution >= 0.6 is 0 Å². The summed E-state index contributed by atoms with van der Waals surface area (Å²) in [5.74, 6) is 2.16. The van der Waals surface area contributed by atoms with Crippen molar-refractivity contribution in [1.29, 1.82) is 0 Å². The number of hydrogen-bond donors (Lipinski definition) is 1. The number of aromatic nitrogens is 7. The molecule has 0 aromatic carbocycles. The summed E-state index contributed by atoms with van der Waals surface area (Å²) < 4.78 is 1.62. The van der Waals surface area contributed by atoms with E-state index < -0.39 is 0 Å². The molecule has 26 heavy (non-hydrogen) atoms. The molecular formula is C18H16N8. The van der Waals surface area contributed by atoms with Crippen LogP contribution in [-0.4, -0.2) is 34.7 Å². The molecule has 0 bridgehead atoms. The second-order valence-electron chi connectivity index (χ2n) is 5.62. The van der Waals surface area contributed by atoms with Gasteiger partial charge in [0.1, 0.15) is 24.3 Å². The molecule has 0 fully saturated rings. The van der Waals surface area contributed by atoms with E-state index in [0.29, 0.717) is 12.4 Å². The number of anilines is 1. The molecule has 4 aromatic heterocycles. The van der Waals surface area contributed by atoms with Crippen molar-refractivity contribution >= 4 is 5.82 Å². The Hall–Kier alpha value is -3.68. The lowest BCUT2D eigenvalue weighted by Crippen LogP contribution is -2.05. The van der Waals surface area contributed by atoms with Crippen LogP contribution in [0.2, 0.25) is 0 Å². The Morgan fingerprint density at radius 1 is 1.04 bits per heavy atom. The molecule has 0 atom stereocenters. The van der Waals surface area contributed by atoms with Crippen molar-refractivity contribution in [3.05, 3.63) is 72.8 Å². The fraction of sp³-hybridized carbons (Fsp3) is 0.111. The molecule has 8 heteroatoms. The third kappa shape index (κ3) is 3.54. The molecule has 4 heterocycles. The summed E-state index contributed by atoms with van der Waals surface area (Å²) in [7, 11) is 0. The topological polar surface area (TPSA) is 94.3 Å². The monoisotopic (exact) mass is 344 g/mol. The van der Waals surface area contributed by atoms with E-state index in [4.69, 9.17) is 0 Å². The predicted molar refractivity (Wildman–Crippen MR) is 96.5 cm³/mol. The van der Waals surface area contributed by atoms with Crippen LogP contribution < -0.4 is 5.32 Å². The Balaban J connectivity index is 1.48. The standard InChI is InChI=1S/C18H16N8/c1-13-24-16(15-4-2-3-7-20-15)8-17(25-13)21-9-14-5-6-18(22-10-14)26-12-19-11-23-26/h2-8,10-12H,9H2,1H3,(H,21,24,25). The van der Waals surface area contributed by atoms with E-state index in [1.54, 1.807) is 23.4 Å². The number of nitrogens with zero attached hydrogens (tertiary/aromatic N) is 7. The van der Waals surface area contributed by atoms with Gasteiger partial charge < -0.3 is 5.32 Å². The Kier molecular flexibility index (Phi) is 4.29. The van der Waals surface area contributed by atoms with Crippen LogP contribution in [0.25, 0.3) is 17.2 Å². The first-order valence-electron chi connectivity index (χ1n) is 8.09. The van der Waals surface area contributed by atoms with Crippen LogP contribution in [0.5, 0.6) is 0 Å². The van der Waals surface area contributed by atoms with E-state index in [0.717, 1.165) is 28.6 Å². The molecule has 1 N–H and O–H groups in total. The first-order valence-corrected chi connectivity index (χ1v) is 8.09. The SMILES string of the molecule is Cc1nc(NCc2ccc(-n3cncn3)nc2)cc(-c2ccccn2)n1. The minimum Gasteiger partial charge on any atom is -0.366 e. The first-order chi connectivity index (χ1) is 12.8. The molecule has 0 saturated carbocycles. The highest BCUT2D eigenvalue weighted by molar-refractivity contribution is 5.58. The third-order valence-corrected chi connectivity index (χ3v) is 3.70. The summed E-state index contributed by atoms with van der Waals surface area (Å²) >= 11 is 0. The quantitative estimate of drug-likeness (QED) is 0.594. The molecule has 8 nitrogen and oxygen atoms in total. The maximum atomic E-state index is 4.46. The molecule has 0 amide bonds. The van der Waals surface area contributed by atoms with Gasteiger partial charge in [-0.15, -0.1) is 0 Å². The Morgan fingerprint density at radius 2 is 2.00 bits per heavy atom. The Bertz CT molecular complexity index is 982. The molecule has 0 saturated heterocycles. The van der Waals surface area contributed by atoms with E-state index in [2.05, 4.69) is 35.3 Å². The fourth-order valence-corrected chi connectivity index (χ4v) is 2.48. The maximum absolute atomic E-state index is 4.46. The van der Waals surface area contributed by atoms with E-state index in [1.165, 1.54) is 6.33 Å². The van der Waals surface area contributed by atoms with Gasteiger partial charge in [-0.3, -0.25) is 4.98 Å². The molecule has 128 valence electrons. The maximum Gasteiger partial charge on any atom is 0.155 e. The van der Waals surface area contributed by atoms with Crippen molar-refractivity contribution in [3.8, 4) is 17.2 Å². The van der Waals surface area contributed by atoms with Crippen LogP contribution in [0.4, 0.5) is 5.82 Å². The van der Waals surface area contributed by atoms with Crippen molar-refractivity contribution in [1.82, 2.24) is 34.7 Å². The van der Waals surface area contributed by atoms with Crippen LogP contribution in [0.1, 0.15) is 11.4 Å². The minimum atomic E-state index is 0.600. The average molecular weight is 344 g/mol. The summed E-state index contributed by atoms with van der Waals surface area (Å²) in [6.45, 7) is 2.47. The van der Waals surface area contributed by atoms with Crippen LogP contribution in [0, 0.1) is 6.92 Å². The van der Waals surface area contributed by atoms with Gasteiger partial charge in [0.25, 0.3) is 0 Å².